The molecule has 3 rings (SSSR count). The molecule has 1 heterocycles. The lowest BCUT2D eigenvalue weighted by Gasteiger charge is -2.29. The summed E-state index contributed by atoms with van der Waals surface area (Å²) in [5.41, 5.74) is 13.0. The summed E-state index contributed by atoms with van der Waals surface area (Å²) in [6, 6.07) is 15.8. The Morgan fingerprint density at radius 1 is 0.957 bits per heavy atom. The van der Waals surface area contributed by atoms with Gasteiger partial charge in [-0.2, -0.15) is 0 Å². The fourth-order valence-corrected chi connectivity index (χ4v) is 3.30. The van der Waals surface area contributed by atoms with E-state index < -0.39 is 0 Å². The van der Waals surface area contributed by atoms with Gasteiger partial charge in [0.25, 0.3) is 0 Å². The lowest BCUT2D eigenvalue weighted by molar-refractivity contribution is 0.245. The SMILES string of the molecule is CC(C)(C)c1ccc(CN2CCc3ccc(CN)cc3C2)cc1. The first-order valence-electron chi connectivity index (χ1n) is 8.58. The third kappa shape index (κ3) is 3.82. The topological polar surface area (TPSA) is 29.3 Å². The Morgan fingerprint density at radius 3 is 2.30 bits per heavy atom. The normalized spacial score (nSPS) is 15.5. The molecule has 2 N–H and O–H groups in total. The number of benzene rings is 2. The standard InChI is InChI=1S/C21H28N2/c1-21(2,3)20-8-5-16(6-9-20)14-23-11-10-18-7-4-17(13-22)12-19(18)15-23/h4-9,12H,10-11,13-15,22H2,1-3H3. The summed E-state index contributed by atoms with van der Waals surface area (Å²) in [4.78, 5) is 2.54. The molecule has 2 aromatic rings. The number of rotatable bonds is 3. The molecule has 0 spiro atoms. The lowest BCUT2D eigenvalue weighted by atomic mass is 9.86. The smallest absolute Gasteiger partial charge is 0.0240 e. The highest BCUT2D eigenvalue weighted by molar-refractivity contribution is 5.34. The van der Waals surface area contributed by atoms with Gasteiger partial charge in [-0.1, -0.05) is 63.2 Å². The van der Waals surface area contributed by atoms with Crippen molar-refractivity contribution in [2.75, 3.05) is 6.54 Å². The lowest BCUT2D eigenvalue weighted by Crippen LogP contribution is -2.30. The van der Waals surface area contributed by atoms with Crippen LogP contribution < -0.4 is 5.73 Å². The minimum atomic E-state index is 0.223. The van der Waals surface area contributed by atoms with Crippen molar-refractivity contribution in [3.63, 3.8) is 0 Å². The van der Waals surface area contributed by atoms with Crippen LogP contribution in [0.3, 0.4) is 0 Å². The number of nitrogens with zero attached hydrogens (tertiary/aromatic N) is 1. The molecule has 0 fully saturated rings. The van der Waals surface area contributed by atoms with E-state index >= 15 is 0 Å². The van der Waals surface area contributed by atoms with Gasteiger partial charge in [-0.15, -0.1) is 0 Å². The highest BCUT2D eigenvalue weighted by atomic mass is 15.1. The zero-order valence-electron chi connectivity index (χ0n) is 14.6. The maximum atomic E-state index is 5.78. The Bertz CT molecular complexity index is 665. The van der Waals surface area contributed by atoms with Crippen LogP contribution in [0, 0.1) is 0 Å². The monoisotopic (exact) mass is 308 g/mol. The van der Waals surface area contributed by atoms with Crippen LogP contribution in [0.25, 0.3) is 0 Å². The molecule has 0 saturated carbocycles. The molecule has 0 saturated heterocycles. The summed E-state index contributed by atoms with van der Waals surface area (Å²) in [5.74, 6) is 0. The molecule has 2 nitrogen and oxygen atoms in total. The minimum absolute atomic E-state index is 0.223. The first-order valence-corrected chi connectivity index (χ1v) is 8.58. The third-order valence-electron chi connectivity index (χ3n) is 4.82. The van der Waals surface area contributed by atoms with E-state index in [0.717, 1.165) is 26.1 Å². The quantitative estimate of drug-likeness (QED) is 0.928. The van der Waals surface area contributed by atoms with Crippen LogP contribution in [0.2, 0.25) is 0 Å². The van der Waals surface area contributed by atoms with E-state index in [-0.39, 0.29) is 5.41 Å². The second-order valence-corrected chi connectivity index (χ2v) is 7.71. The van der Waals surface area contributed by atoms with Crippen molar-refractivity contribution >= 4 is 0 Å². The average Bonchev–Trinajstić information content (AvgIpc) is 2.54. The Kier molecular flexibility index (Phi) is 4.56. The Balaban J connectivity index is 1.69. The van der Waals surface area contributed by atoms with E-state index in [0.29, 0.717) is 6.54 Å². The van der Waals surface area contributed by atoms with Crippen molar-refractivity contribution < 1.29 is 0 Å². The molecule has 2 heteroatoms. The van der Waals surface area contributed by atoms with Crippen LogP contribution in [-0.2, 0) is 31.5 Å². The van der Waals surface area contributed by atoms with E-state index in [2.05, 4.69) is 68.1 Å². The molecule has 0 aromatic heterocycles. The highest BCUT2D eigenvalue weighted by Gasteiger charge is 2.17. The number of hydrogen-bond acceptors (Lipinski definition) is 2. The van der Waals surface area contributed by atoms with Crippen LogP contribution in [0.4, 0.5) is 0 Å². The molecular formula is C21H28N2. The number of nitrogens with two attached hydrogens (primary N) is 1. The summed E-state index contributed by atoms with van der Waals surface area (Å²) < 4.78 is 0. The molecular weight excluding hydrogens is 280 g/mol. The molecule has 0 radical (unpaired) electrons. The van der Waals surface area contributed by atoms with Crippen molar-refractivity contribution in [3.8, 4) is 0 Å². The summed E-state index contributed by atoms with van der Waals surface area (Å²) in [6.45, 7) is 10.6. The van der Waals surface area contributed by atoms with Gasteiger partial charge in [-0.25, -0.2) is 0 Å². The molecule has 1 aliphatic heterocycles. The van der Waals surface area contributed by atoms with Crippen LogP contribution in [0.15, 0.2) is 42.5 Å². The Hall–Kier alpha value is -1.64. The first kappa shape index (κ1) is 16.2. The molecule has 0 bridgehead atoms. The van der Waals surface area contributed by atoms with Crippen molar-refractivity contribution in [1.29, 1.82) is 0 Å². The summed E-state index contributed by atoms with van der Waals surface area (Å²) in [7, 11) is 0. The zero-order chi connectivity index (χ0) is 16.4. The van der Waals surface area contributed by atoms with Gasteiger partial charge in [-0.3, -0.25) is 4.90 Å². The van der Waals surface area contributed by atoms with Crippen LogP contribution >= 0.6 is 0 Å². The average molecular weight is 308 g/mol. The van der Waals surface area contributed by atoms with Gasteiger partial charge in [-0.05, 0) is 39.7 Å². The van der Waals surface area contributed by atoms with Crippen molar-refractivity contribution in [1.82, 2.24) is 4.90 Å². The molecule has 0 atom stereocenters. The molecule has 1 aliphatic rings. The van der Waals surface area contributed by atoms with E-state index in [1.54, 1.807) is 0 Å². The zero-order valence-corrected chi connectivity index (χ0v) is 14.6. The first-order chi connectivity index (χ1) is 11.0. The van der Waals surface area contributed by atoms with Crippen LogP contribution in [0.5, 0.6) is 0 Å². The molecule has 2 aromatic carbocycles. The van der Waals surface area contributed by atoms with E-state index in [1.165, 1.54) is 27.8 Å². The Morgan fingerprint density at radius 2 is 1.65 bits per heavy atom. The van der Waals surface area contributed by atoms with E-state index in [4.69, 9.17) is 5.73 Å². The minimum Gasteiger partial charge on any atom is -0.326 e. The van der Waals surface area contributed by atoms with Crippen LogP contribution in [-0.4, -0.2) is 11.4 Å². The Labute approximate surface area is 140 Å². The van der Waals surface area contributed by atoms with Crippen molar-refractivity contribution in [2.24, 2.45) is 5.73 Å². The predicted molar refractivity (Wildman–Crippen MR) is 97.3 cm³/mol. The fraction of sp³-hybridized carbons (Fsp3) is 0.429. The van der Waals surface area contributed by atoms with Gasteiger partial charge in [0.1, 0.15) is 0 Å². The second kappa shape index (κ2) is 6.46. The van der Waals surface area contributed by atoms with Gasteiger partial charge in [0.2, 0.25) is 0 Å². The van der Waals surface area contributed by atoms with Crippen molar-refractivity contribution in [3.05, 3.63) is 70.3 Å². The third-order valence-corrected chi connectivity index (χ3v) is 4.82. The van der Waals surface area contributed by atoms with E-state index in [1.807, 2.05) is 0 Å². The molecule has 0 aliphatic carbocycles. The molecule has 0 amide bonds. The predicted octanol–water partition coefficient (Wildman–Crippen LogP) is 4.00. The van der Waals surface area contributed by atoms with E-state index in [9.17, 15) is 0 Å². The molecule has 122 valence electrons. The van der Waals surface area contributed by atoms with Crippen LogP contribution in [0.1, 0.15) is 48.6 Å². The van der Waals surface area contributed by atoms with Gasteiger partial charge >= 0.3 is 0 Å². The maximum absolute atomic E-state index is 5.78. The second-order valence-electron chi connectivity index (χ2n) is 7.71. The largest absolute Gasteiger partial charge is 0.326 e. The molecule has 0 unspecified atom stereocenters. The summed E-state index contributed by atoms with van der Waals surface area (Å²) >= 11 is 0. The van der Waals surface area contributed by atoms with Gasteiger partial charge in [0, 0.05) is 26.2 Å². The van der Waals surface area contributed by atoms with Gasteiger partial charge in [0.15, 0.2) is 0 Å². The van der Waals surface area contributed by atoms with Gasteiger partial charge in [0.05, 0.1) is 0 Å². The number of fused-ring (bicyclic) bond motifs is 1. The summed E-state index contributed by atoms with van der Waals surface area (Å²) in [5, 5.41) is 0. The van der Waals surface area contributed by atoms with Gasteiger partial charge < -0.3 is 5.73 Å². The van der Waals surface area contributed by atoms with Crippen molar-refractivity contribution in [2.45, 2.75) is 52.2 Å². The highest BCUT2D eigenvalue weighted by Crippen LogP contribution is 2.24. The maximum Gasteiger partial charge on any atom is 0.0240 e. The fourth-order valence-electron chi connectivity index (χ4n) is 3.30. The molecule has 23 heavy (non-hydrogen) atoms. The number of hydrogen-bond donors (Lipinski definition) is 1. The summed E-state index contributed by atoms with van der Waals surface area (Å²) in [6.07, 6.45) is 1.14.